The Balaban J connectivity index is 3.16. The molecule has 3 amide bonds. The first-order valence-corrected chi connectivity index (χ1v) is 6.30. The van der Waals surface area contributed by atoms with Gasteiger partial charge in [0.15, 0.2) is 6.04 Å². The number of imide groups is 1. The fraction of sp³-hybridized carbons (Fsp3) is 0.667. The summed E-state index contributed by atoms with van der Waals surface area (Å²) in [5, 5.41) is 19.0. The standard InChI is InChI=1S/C12H18N2O7/c1-12(2,3)21-11(20)13(7(6-15)10(18)19)14-8(16)4-5-9(14)17/h7,15H,4-6H2,1-3H3,(H,18,19). The SMILES string of the molecule is CC(C)(C)OC(=O)N(C(CO)C(=O)O)N1C(=O)CCC1=O. The molecule has 1 rings (SSSR count). The van der Waals surface area contributed by atoms with Gasteiger partial charge in [-0.3, -0.25) is 9.59 Å². The molecule has 9 heteroatoms. The van der Waals surface area contributed by atoms with E-state index in [1.54, 1.807) is 20.8 Å². The molecule has 1 aliphatic heterocycles. The van der Waals surface area contributed by atoms with E-state index in [9.17, 15) is 19.2 Å². The number of nitrogens with zero attached hydrogens (tertiary/aromatic N) is 2. The molecule has 0 bridgehead atoms. The monoisotopic (exact) mass is 302 g/mol. The van der Waals surface area contributed by atoms with Crippen LogP contribution in [0.2, 0.25) is 0 Å². The largest absolute Gasteiger partial charge is 0.480 e. The second kappa shape index (κ2) is 6.08. The van der Waals surface area contributed by atoms with Gasteiger partial charge in [0.1, 0.15) is 5.60 Å². The third-order valence-corrected chi connectivity index (χ3v) is 2.57. The van der Waals surface area contributed by atoms with E-state index in [-0.39, 0.29) is 12.8 Å². The first kappa shape index (κ1) is 16.9. The summed E-state index contributed by atoms with van der Waals surface area (Å²) in [4.78, 5) is 46.7. The molecule has 1 fully saturated rings. The van der Waals surface area contributed by atoms with Gasteiger partial charge in [-0.05, 0) is 20.8 Å². The van der Waals surface area contributed by atoms with Gasteiger partial charge in [-0.1, -0.05) is 0 Å². The van der Waals surface area contributed by atoms with Crippen LogP contribution < -0.4 is 0 Å². The fourth-order valence-electron chi connectivity index (χ4n) is 1.72. The molecule has 1 saturated heterocycles. The number of carboxylic acids is 1. The molecular formula is C12H18N2O7. The Hall–Kier alpha value is -2.16. The lowest BCUT2D eigenvalue weighted by Gasteiger charge is -2.34. The third-order valence-electron chi connectivity index (χ3n) is 2.57. The van der Waals surface area contributed by atoms with E-state index in [2.05, 4.69) is 0 Å². The molecule has 0 spiro atoms. The van der Waals surface area contributed by atoms with Gasteiger partial charge in [-0.2, -0.15) is 10.0 Å². The van der Waals surface area contributed by atoms with Gasteiger partial charge in [-0.15, -0.1) is 0 Å². The van der Waals surface area contributed by atoms with Crippen LogP contribution in [0.25, 0.3) is 0 Å². The molecule has 9 nitrogen and oxygen atoms in total. The maximum Gasteiger partial charge on any atom is 0.430 e. The predicted octanol–water partition coefficient (Wildman–Crippen LogP) is -0.267. The number of rotatable bonds is 4. The number of carboxylic acid groups (broad SMARTS) is 1. The Morgan fingerprint density at radius 1 is 1.29 bits per heavy atom. The molecule has 0 aromatic rings. The molecule has 1 atom stereocenters. The smallest absolute Gasteiger partial charge is 0.430 e. The number of aliphatic hydroxyl groups excluding tert-OH is 1. The van der Waals surface area contributed by atoms with Crippen LogP contribution in [-0.2, 0) is 19.1 Å². The number of carbonyl (C=O) groups is 4. The number of aliphatic hydroxyl groups is 1. The lowest BCUT2D eigenvalue weighted by atomic mass is 10.2. The summed E-state index contributed by atoms with van der Waals surface area (Å²) in [7, 11) is 0. The van der Waals surface area contributed by atoms with Crippen LogP contribution >= 0.6 is 0 Å². The number of hydrazine groups is 1. The second-order valence-corrected chi connectivity index (χ2v) is 5.46. The molecule has 0 aromatic heterocycles. The number of amides is 3. The Morgan fingerprint density at radius 3 is 2.10 bits per heavy atom. The van der Waals surface area contributed by atoms with Crippen molar-refractivity contribution in [1.29, 1.82) is 0 Å². The van der Waals surface area contributed by atoms with Crippen LogP contribution in [0.1, 0.15) is 33.6 Å². The van der Waals surface area contributed by atoms with Gasteiger partial charge in [0, 0.05) is 12.8 Å². The van der Waals surface area contributed by atoms with Crippen molar-refractivity contribution in [3.8, 4) is 0 Å². The fourth-order valence-corrected chi connectivity index (χ4v) is 1.72. The van der Waals surface area contributed by atoms with E-state index in [0.29, 0.717) is 10.0 Å². The predicted molar refractivity (Wildman–Crippen MR) is 67.7 cm³/mol. The maximum atomic E-state index is 12.1. The van der Waals surface area contributed by atoms with Crippen LogP contribution in [0.5, 0.6) is 0 Å². The van der Waals surface area contributed by atoms with Crippen molar-refractivity contribution >= 4 is 23.9 Å². The second-order valence-electron chi connectivity index (χ2n) is 5.46. The van der Waals surface area contributed by atoms with Gasteiger partial charge < -0.3 is 14.9 Å². The van der Waals surface area contributed by atoms with Crippen LogP contribution in [0.4, 0.5) is 4.79 Å². The molecule has 0 aliphatic carbocycles. The zero-order valence-corrected chi connectivity index (χ0v) is 12.0. The molecule has 1 aliphatic rings. The van der Waals surface area contributed by atoms with Crippen molar-refractivity contribution in [1.82, 2.24) is 10.0 Å². The summed E-state index contributed by atoms with van der Waals surface area (Å²) in [5.41, 5.74) is -0.959. The summed E-state index contributed by atoms with van der Waals surface area (Å²) < 4.78 is 5.01. The number of ether oxygens (including phenoxy) is 1. The normalized spacial score (nSPS) is 16.9. The minimum absolute atomic E-state index is 0.129. The number of aliphatic carboxylic acids is 1. The minimum atomic E-state index is -1.79. The van der Waals surface area contributed by atoms with Crippen molar-refractivity contribution < 1.29 is 34.1 Å². The highest BCUT2D eigenvalue weighted by Crippen LogP contribution is 2.20. The van der Waals surface area contributed by atoms with Crippen molar-refractivity contribution in [2.45, 2.75) is 45.3 Å². The van der Waals surface area contributed by atoms with Gasteiger partial charge >= 0.3 is 12.1 Å². The van der Waals surface area contributed by atoms with E-state index in [0.717, 1.165) is 0 Å². The van der Waals surface area contributed by atoms with Crippen molar-refractivity contribution in [3.63, 3.8) is 0 Å². The summed E-state index contributed by atoms with van der Waals surface area (Å²) in [5.74, 6) is -2.99. The van der Waals surface area contributed by atoms with E-state index in [1.165, 1.54) is 0 Å². The summed E-state index contributed by atoms with van der Waals surface area (Å²) in [6.45, 7) is 3.67. The third kappa shape index (κ3) is 3.91. The maximum absolute atomic E-state index is 12.1. The number of carbonyl (C=O) groups excluding carboxylic acids is 3. The van der Waals surface area contributed by atoms with E-state index < -0.39 is 42.1 Å². The lowest BCUT2D eigenvalue weighted by molar-refractivity contribution is -0.168. The Bertz CT molecular complexity index is 453. The quantitative estimate of drug-likeness (QED) is 0.685. The van der Waals surface area contributed by atoms with E-state index >= 15 is 0 Å². The zero-order chi connectivity index (χ0) is 16.4. The van der Waals surface area contributed by atoms with Gasteiger partial charge in [0.2, 0.25) is 11.8 Å². The van der Waals surface area contributed by atoms with Crippen LogP contribution in [-0.4, -0.2) is 62.4 Å². The summed E-state index contributed by atoms with van der Waals surface area (Å²) >= 11 is 0. The molecule has 2 N–H and O–H groups in total. The molecule has 1 unspecified atom stereocenters. The van der Waals surface area contributed by atoms with Gasteiger partial charge in [0.25, 0.3) is 0 Å². The first-order chi connectivity index (χ1) is 9.58. The lowest BCUT2D eigenvalue weighted by Crippen LogP contribution is -2.59. The highest BCUT2D eigenvalue weighted by Gasteiger charge is 2.44. The van der Waals surface area contributed by atoms with Gasteiger partial charge in [-0.25, -0.2) is 9.59 Å². The Morgan fingerprint density at radius 2 is 1.76 bits per heavy atom. The summed E-state index contributed by atoms with van der Waals surface area (Å²) in [6.07, 6.45) is -1.45. The van der Waals surface area contributed by atoms with Crippen LogP contribution in [0.3, 0.4) is 0 Å². The van der Waals surface area contributed by atoms with Crippen LogP contribution in [0, 0.1) is 0 Å². The Labute approximate surface area is 121 Å². The first-order valence-electron chi connectivity index (χ1n) is 6.30. The molecule has 21 heavy (non-hydrogen) atoms. The average Bonchev–Trinajstić information content (AvgIpc) is 2.63. The molecule has 1 heterocycles. The average molecular weight is 302 g/mol. The van der Waals surface area contributed by atoms with Crippen molar-refractivity contribution in [3.05, 3.63) is 0 Å². The number of hydrogen-bond donors (Lipinski definition) is 2. The minimum Gasteiger partial charge on any atom is -0.480 e. The molecule has 118 valence electrons. The highest BCUT2D eigenvalue weighted by molar-refractivity contribution is 6.03. The Kier molecular flexibility index (Phi) is 4.89. The van der Waals surface area contributed by atoms with E-state index in [4.69, 9.17) is 14.9 Å². The van der Waals surface area contributed by atoms with Gasteiger partial charge in [0.05, 0.1) is 6.61 Å². The molecule has 0 saturated carbocycles. The molecule has 0 aromatic carbocycles. The summed E-state index contributed by atoms with van der Waals surface area (Å²) in [6, 6.07) is -1.79. The van der Waals surface area contributed by atoms with E-state index in [1.807, 2.05) is 0 Å². The van der Waals surface area contributed by atoms with Crippen LogP contribution in [0.15, 0.2) is 0 Å². The highest BCUT2D eigenvalue weighted by atomic mass is 16.6. The van der Waals surface area contributed by atoms with Crippen molar-refractivity contribution in [2.75, 3.05) is 6.61 Å². The topological polar surface area (TPSA) is 124 Å². The molecular weight excluding hydrogens is 284 g/mol. The molecule has 0 radical (unpaired) electrons. The van der Waals surface area contributed by atoms with Crippen molar-refractivity contribution in [2.24, 2.45) is 0 Å². The zero-order valence-electron chi connectivity index (χ0n) is 12.0. The number of hydrogen-bond acceptors (Lipinski definition) is 6.